The molecule has 0 aromatic heterocycles. The Labute approximate surface area is 87.9 Å². The van der Waals surface area contributed by atoms with Crippen LogP contribution in [0.5, 0.6) is 0 Å². The van der Waals surface area contributed by atoms with Crippen LogP contribution >= 0.6 is 11.8 Å². The Bertz CT molecular complexity index is 432. The Morgan fingerprint density at radius 2 is 2.14 bits per heavy atom. The Kier molecular flexibility index (Phi) is 1.88. The first-order valence-corrected chi connectivity index (χ1v) is 5.69. The number of rotatable bonds is 0. The van der Waals surface area contributed by atoms with Gasteiger partial charge in [-0.15, -0.1) is 0 Å². The standard InChI is InChI=1S/C12H11NS/c1-3-7-11-9(5-1)13-10-6-2-4-8-12(10)14-11/h1,3-5,7-8,13H,2,6H2. The number of fused-ring (bicyclic) bond motifs is 1. The van der Waals surface area contributed by atoms with E-state index in [9.17, 15) is 0 Å². The highest BCUT2D eigenvalue weighted by Crippen LogP contribution is 2.42. The number of nitrogens with one attached hydrogen (secondary N) is 1. The van der Waals surface area contributed by atoms with Crippen molar-refractivity contribution in [2.24, 2.45) is 0 Å². The molecule has 1 aromatic rings. The lowest BCUT2D eigenvalue weighted by Gasteiger charge is -2.24. The quantitative estimate of drug-likeness (QED) is 0.685. The van der Waals surface area contributed by atoms with Gasteiger partial charge in [0.2, 0.25) is 0 Å². The summed E-state index contributed by atoms with van der Waals surface area (Å²) >= 11 is 1.87. The third kappa shape index (κ3) is 1.26. The number of benzene rings is 1. The second-order valence-corrected chi connectivity index (χ2v) is 4.59. The van der Waals surface area contributed by atoms with E-state index in [1.807, 2.05) is 11.8 Å². The Morgan fingerprint density at radius 3 is 3.14 bits per heavy atom. The van der Waals surface area contributed by atoms with Crippen LogP contribution in [0.25, 0.3) is 0 Å². The normalized spacial score (nSPS) is 18.6. The molecule has 1 aliphatic carbocycles. The molecule has 1 N–H and O–H groups in total. The van der Waals surface area contributed by atoms with Crippen LogP contribution < -0.4 is 5.32 Å². The fourth-order valence-corrected chi connectivity index (χ4v) is 2.85. The van der Waals surface area contributed by atoms with Crippen molar-refractivity contribution in [1.82, 2.24) is 0 Å². The summed E-state index contributed by atoms with van der Waals surface area (Å²) in [6.45, 7) is 0. The molecule has 0 bridgehead atoms. The van der Waals surface area contributed by atoms with Gasteiger partial charge in [0.15, 0.2) is 0 Å². The van der Waals surface area contributed by atoms with E-state index in [1.54, 1.807) is 0 Å². The SMILES string of the molecule is C1=CC2=C(CC1)Nc1ccccc1S2. The van der Waals surface area contributed by atoms with Crippen LogP contribution in [0.2, 0.25) is 0 Å². The lowest BCUT2D eigenvalue weighted by Crippen LogP contribution is -2.08. The molecule has 1 aliphatic heterocycles. The Morgan fingerprint density at radius 1 is 1.21 bits per heavy atom. The van der Waals surface area contributed by atoms with Crippen molar-refractivity contribution in [2.75, 3.05) is 5.32 Å². The van der Waals surface area contributed by atoms with Crippen molar-refractivity contribution in [3.63, 3.8) is 0 Å². The molecule has 1 aromatic carbocycles. The van der Waals surface area contributed by atoms with E-state index in [-0.39, 0.29) is 0 Å². The second kappa shape index (κ2) is 3.21. The first-order valence-electron chi connectivity index (χ1n) is 4.87. The van der Waals surface area contributed by atoms with Crippen LogP contribution in [0, 0.1) is 0 Å². The zero-order valence-electron chi connectivity index (χ0n) is 7.79. The van der Waals surface area contributed by atoms with E-state index in [0.29, 0.717) is 0 Å². The molecule has 3 rings (SSSR count). The summed E-state index contributed by atoms with van der Waals surface area (Å²) in [7, 11) is 0. The van der Waals surface area contributed by atoms with Crippen molar-refractivity contribution in [1.29, 1.82) is 0 Å². The van der Waals surface area contributed by atoms with Gasteiger partial charge in [-0.25, -0.2) is 0 Å². The number of hydrogen-bond donors (Lipinski definition) is 1. The molecule has 0 amide bonds. The summed E-state index contributed by atoms with van der Waals surface area (Å²) in [5, 5.41) is 3.51. The summed E-state index contributed by atoms with van der Waals surface area (Å²) in [6.07, 6.45) is 6.79. The predicted molar refractivity (Wildman–Crippen MR) is 61.3 cm³/mol. The number of allylic oxidation sites excluding steroid dienone is 3. The highest BCUT2D eigenvalue weighted by molar-refractivity contribution is 8.03. The fourth-order valence-electron chi connectivity index (χ4n) is 1.80. The molecule has 0 unspecified atom stereocenters. The zero-order valence-corrected chi connectivity index (χ0v) is 8.60. The summed E-state index contributed by atoms with van der Waals surface area (Å²) in [5.41, 5.74) is 2.64. The average molecular weight is 201 g/mol. The molecule has 0 spiro atoms. The lowest BCUT2D eigenvalue weighted by molar-refractivity contribution is 0.956. The zero-order chi connectivity index (χ0) is 9.38. The van der Waals surface area contributed by atoms with Gasteiger partial charge < -0.3 is 5.32 Å². The van der Waals surface area contributed by atoms with E-state index in [2.05, 4.69) is 41.7 Å². The van der Waals surface area contributed by atoms with E-state index in [1.165, 1.54) is 21.2 Å². The van der Waals surface area contributed by atoms with Crippen molar-refractivity contribution in [3.8, 4) is 0 Å². The molecule has 0 saturated heterocycles. The van der Waals surface area contributed by atoms with E-state index >= 15 is 0 Å². The highest BCUT2D eigenvalue weighted by Gasteiger charge is 2.17. The maximum atomic E-state index is 3.51. The van der Waals surface area contributed by atoms with E-state index < -0.39 is 0 Å². The summed E-state index contributed by atoms with van der Waals surface area (Å²) in [4.78, 5) is 2.72. The highest BCUT2D eigenvalue weighted by atomic mass is 32.2. The smallest absolute Gasteiger partial charge is 0.0523 e. The third-order valence-electron chi connectivity index (χ3n) is 2.52. The number of anilines is 1. The molecule has 1 nitrogen and oxygen atoms in total. The van der Waals surface area contributed by atoms with Gasteiger partial charge in [-0.3, -0.25) is 0 Å². The van der Waals surface area contributed by atoms with Gasteiger partial charge in [-0.05, 0) is 25.0 Å². The fraction of sp³-hybridized carbons (Fsp3) is 0.167. The molecule has 1 heterocycles. The molecule has 0 fully saturated rings. The Balaban J connectivity index is 2.03. The lowest BCUT2D eigenvalue weighted by atomic mass is 10.1. The monoisotopic (exact) mass is 201 g/mol. The van der Waals surface area contributed by atoms with Crippen LogP contribution in [-0.2, 0) is 0 Å². The minimum atomic E-state index is 1.15. The van der Waals surface area contributed by atoms with Crippen molar-refractivity contribution < 1.29 is 0 Å². The minimum absolute atomic E-state index is 1.15. The molecule has 0 radical (unpaired) electrons. The molecule has 2 aliphatic rings. The van der Waals surface area contributed by atoms with E-state index in [4.69, 9.17) is 0 Å². The number of thioether (sulfide) groups is 1. The topological polar surface area (TPSA) is 12.0 Å². The molecule has 0 saturated carbocycles. The number of hydrogen-bond acceptors (Lipinski definition) is 2. The Hall–Kier alpha value is -1.15. The molecular formula is C12H11NS. The minimum Gasteiger partial charge on any atom is -0.357 e. The third-order valence-corrected chi connectivity index (χ3v) is 3.70. The summed E-state index contributed by atoms with van der Waals surface area (Å²) < 4.78 is 0. The van der Waals surface area contributed by atoms with Gasteiger partial charge >= 0.3 is 0 Å². The van der Waals surface area contributed by atoms with Gasteiger partial charge in [-0.2, -0.15) is 0 Å². The van der Waals surface area contributed by atoms with Crippen LogP contribution in [-0.4, -0.2) is 0 Å². The molecule has 0 atom stereocenters. The van der Waals surface area contributed by atoms with Gasteiger partial charge in [0, 0.05) is 15.5 Å². The van der Waals surface area contributed by atoms with Crippen molar-refractivity contribution in [3.05, 3.63) is 47.0 Å². The van der Waals surface area contributed by atoms with Crippen molar-refractivity contribution >= 4 is 17.4 Å². The van der Waals surface area contributed by atoms with Crippen LogP contribution in [0.15, 0.2) is 51.9 Å². The van der Waals surface area contributed by atoms with Gasteiger partial charge in [0.05, 0.1) is 5.69 Å². The van der Waals surface area contributed by atoms with Gasteiger partial charge in [0.25, 0.3) is 0 Å². The summed E-state index contributed by atoms with van der Waals surface area (Å²) in [5.74, 6) is 0. The maximum Gasteiger partial charge on any atom is 0.0523 e. The molecule has 70 valence electrons. The van der Waals surface area contributed by atoms with Gasteiger partial charge in [0.1, 0.15) is 0 Å². The van der Waals surface area contributed by atoms with Crippen molar-refractivity contribution in [2.45, 2.75) is 17.7 Å². The number of para-hydroxylation sites is 1. The largest absolute Gasteiger partial charge is 0.357 e. The first-order chi connectivity index (χ1) is 6.93. The predicted octanol–water partition coefficient (Wildman–Crippen LogP) is 3.77. The summed E-state index contributed by atoms with van der Waals surface area (Å²) in [6, 6.07) is 8.48. The maximum absolute atomic E-state index is 3.51. The van der Waals surface area contributed by atoms with Crippen LogP contribution in [0.4, 0.5) is 5.69 Å². The van der Waals surface area contributed by atoms with Crippen LogP contribution in [0.3, 0.4) is 0 Å². The average Bonchev–Trinajstić information content (AvgIpc) is 2.26. The van der Waals surface area contributed by atoms with Crippen LogP contribution in [0.1, 0.15) is 12.8 Å². The molecular weight excluding hydrogens is 190 g/mol. The molecule has 2 heteroatoms. The van der Waals surface area contributed by atoms with Gasteiger partial charge in [-0.1, -0.05) is 36.0 Å². The second-order valence-electron chi connectivity index (χ2n) is 3.51. The first kappa shape index (κ1) is 8.18. The molecule has 14 heavy (non-hydrogen) atoms. The van der Waals surface area contributed by atoms with E-state index in [0.717, 1.165) is 12.8 Å².